The lowest BCUT2D eigenvalue weighted by Crippen LogP contribution is -2.49. The lowest BCUT2D eigenvalue weighted by Gasteiger charge is -2.25. The van der Waals surface area contributed by atoms with Crippen LogP contribution in [-0.2, 0) is 4.79 Å². The van der Waals surface area contributed by atoms with E-state index in [1.54, 1.807) is 0 Å². The van der Waals surface area contributed by atoms with Crippen LogP contribution in [0.3, 0.4) is 0 Å². The molecule has 0 bridgehead atoms. The van der Waals surface area contributed by atoms with Crippen LogP contribution in [0.25, 0.3) is 0 Å². The molecule has 3 aliphatic rings. The van der Waals surface area contributed by atoms with Gasteiger partial charge in [0.1, 0.15) is 0 Å². The van der Waals surface area contributed by atoms with E-state index in [4.69, 9.17) is 0 Å². The predicted octanol–water partition coefficient (Wildman–Crippen LogP) is 1.39. The Hall–Kier alpha value is -0.220. The third-order valence-corrected chi connectivity index (χ3v) is 5.75. The Labute approximate surface area is 107 Å². The van der Waals surface area contributed by atoms with Crippen molar-refractivity contribution in [1.29, 1.82) is 0 Å². The highest BCUT2D eigenvalue weighted by Crippen LogP contribution is 2.37. The molecule has 4 unspecified atom stereocenters. The topological polar surface area (TPSA) is 41.1 Å². The fourth-order valence-electron chi connectivity index (χ4n) is 3.62. The van der Waals surface area contributed by atoms with Crippen LogP contribution in [0.4, 0.5) is 0 Å². The highest BCUT2D eigenvalue weighted by molar-refractivity contribution is 7.99. The van der Waals surface area contributed by atoms with E-state index >= 15 is 0 Å². The van der Waals surface area contributed by atoms with Crippen LogP contribution in [0.15, 0.2) is 0 Å². The summed E-state index contributed by atoms with van der Waals surface area (Å²) in [7, 11) is 0. The number of carbonyl (C=O) groups excluding carboxylic acids is 1. The molecule has 0 aromatic carbocycles. The van der Waals surface area contributed by atoms with Crippen LogP contribution in [-0.4, -0.2) is 36.0 Å². The minimum atomic E-state index is 0.106. The number of nitrogens with one attached hydrogen (secondary N) is 2. The lowest BCUT2D eigenvalue weighted by molar-refractivity contribution is -0.124. The van der Waals surface area contributed by atoms with Gasteiger partial charge in [-0.25, -0.2) is 0 Å². The summed E-state index contributed by atoms with van der Waals surface area (Å²) in [6.07, 6.45) is 6.30. The summed E-state index contributed by atoms with van der Waals surface area (Å²) < 4.78 is 0. The molecule has 2 saturated heterocycles. The first-order chi connectivity index (χ1) is 8.34. The van der Waals surface area contributed by atoms with Crippen LogP contribution in [0.1, 0.15) is 32.1 Å². The van der Waals surface area contributed by atoms with Gasteiger partial charge in [-0.05, 0) is 49.8 Å². The average Bonchev–Trinajstić information content (AvgIpc) is 2.91. The molecule has 3 fully saturated rings. The molecular formula is C13H22N2OS. The van der Waals surface area contributed by atoms with Gasteiger partial charge in [-0.1, -0.05) is 6.42 Å². The number of fused-ring (bicyclic) bond motifs is 1. The second kappa shape index (κ2) is 5.19. The summed E-state index contributed by atoms with van der Waals surface area (Å²) in [5.41, 5.74) is 0. The molecule has 4 heteroatoms. The van der Waals surface area contributed by atoms with Gasteiger partial charge in [0.2, 0.25) is 5.91 Å². The van der Waals surface area contributed by atoms with Crippen molar-refractivity contribution in [3.8, 4) is 0 Å². The molecular weight excluding hydrogens is 232 g/mol. The van der Waals surface area contributed by atoms with E-state index in [1.165, 1.54) is 37.9 Å². The SMILES string of the molecule is O=C(NC1CCCSC1)C1NCC2CCCC21. The number of amides is 1. The Morgan fingerprint density at radius 2 is 2.18 bits per heavy atom. The first-order valence-corrected chi connectivity index (χ1v) is 8.11. The summed E-state index contributed by atoms with van der Waals surface area (Å²) >= 11 is 1.97. The predicted molar refractivity (Wildman–Crippen MR) is 71.1 cm³/mol. The van der Waals surface area contributed by atoms with E-state index in [2.05, 4.69) is 10.6 Å². The summed E-state index contributed by atoms with van der Waals surface area (Å²) in [5.74, 6) is 4.02. The Balaban J connectivity index is 1.55. The van der Waals surface area contributed by atoms with Crippen LogP contribution >= 0.6 is 11.8 Å². The molecule has 0 aromatic rings. The largest absolute Gasteiger partial charge is 0.351 e. The summed E-state index contributed by atoms with van der Waals surface area (Å²) in [5, 5.41) is 6.68. The van der Waals surface area contributed by atoms with Crippen molar-refractivity contribution in [3.05, 3.63) is 0 Å². The van der Waals surface area contributed by atoms with Crippen LogP contribution in [0, 0.1) is 11.8 Å². The first-order valence-electron chi connectivity index (χ1n) is 6.96. The third kappa shape index (κ3) is 2.48. The van der Waals surface area contributed by atoms with E-state index < -0.39 is 0 Å². The minimum Gasteiger partial charge on any atom is -0.351 e. The quantitative estimate of drug-likeness (QED) is 0.782. The molecule has 3 nitrogen and oxygen atoms in total. The standard InChI is InChI=1S/C13H22N2OS/c16-13(15-10-4-2-6-17-8-10)12-11-5-1-3-9(11)7-14-12/h9-12,14H,1-8H2,(H,15,16). The van der Waals surface area contributed by atoms with Gasteiger partial charge in [-0.15, -0.1) is 0 Å². The monoisotopic (exact) mass is 254 g/mol. The van der Waals surface area contributed by atoms with Crippen molar-refractivity contribution < 1.29 is 4.79 Å². The zero-order chi connectivity index (χ0) is 11.7. The minimum absolute atomic E-state index is 0.106. The van der Waals surface area contributed by atoms with Crippen LogP contribution in [0.2, 0.25) is 0 Å². The maximum absolute atomic E-state index is 12.3. The number of hydrogen-bond donors (Lipinski definition) is 2. The highest BCUT2D eigenvalue weighted by atomic mass is 32.2. The Morgan fingerprint density at radius 3 is 3.00 bits per heavy atom. The van der Waals surface area contributed by atoms with Gasteiger partial charge >= 0.3 is 0 Å². The Kier molecular flexibility index (Phi) is 3.61. The van der Waals surface area contributed by atoms with E-state index in [1.807, 2.05) is 11.8 Å². The number of carbonyl (C=O) groups is 1. The Bertz CT molecular complexity index is 291. The molecule has 0 aromatic heterocycles. The van der Waals surface area contributed by atoms with Gasteiger partial charge in [-0.3, -0.25) is 4.79 Å². The van der Waals surface area contributed by atoms with Crippen molar-refractivity contribution in [3.63, 3.8) is 0 Å². The van der Waals surface area contributed by atoms with Gasteiger partial charge in [0.25, 0.3) is 0 Å². The normalized spacial score (nSPS) is 41.2. The molecule has 0 spiro atoms. The summed E-state index contributed by atoms with van der Waals surface area (Å²) in [4.78, 5) is 12.3. The van der Waals surface area contributed by atoms with Gasteiger partial charge in [0, 0.05) is 11.8 Å². The summed E-state index contributed by atoms with van der Waals surface area (Å²) in [6.45, 7) is 1.06. The zero-order valence-electron chi connectivity index (χ0n) is 10.3. The van der Waals surface area contributed by atoms with E-state index in [0.717, 1.165) is 18.2 Å². The number of thioether (sulfide) groups is 1. The van der Waals surface area contributed by atoms with Crippen molar-refractivity contribution in [2.75, 3.05) is 18.1 Å². The smallest absolute Gasteiger partial charge is 0.237 e. The molecule has 1 aliphatic carbocycles. The van der Waals surface area contributed by atoms with Crippen molar-refractivity contribution >= 4 is 17.7 Å². The zero-order valence-corrected chi connectivity index (χ0v) is 11.1. The molecule has 2 heterocycles. The first kappa shape index (κ1) is 11.8. The fraction of sp³-hybridized carbons (Fsp3) is 0.923. The average molecular weight is 254 g/mol. The molecule has 2 aliphatic heterocycles. The number of hydrogen-bond acceptors (Lipinski definition) is 3. The maximum atomic E-state index is 12.3. The maximum Gasteiger partial charge on any atom is 0.237 e. The lowest BCUT2D eigenvalue weighted by atomic mass is 9.93. The second-order valence-electron chi connectivity index (χ2n) is 5.66. The molecule has 1 amide bonds. The van der Waals surface area contributed by atoms with Gasteiger partial charge in [-0.2, -0.15) is 11.8 Å². The van der Waals surface area contributed by atoms with Crippen molar-refractivity contribution in [2.24, 2.45) is 11.8 Å². The Morgan fingerprint density at radius 1 is 1.24 bits per heavy atom. The second-order valence-corrected chi connectivity index (χ2v) is 6.81. The van der Waals surface area contributed by atoms with E-state index in [9.17, 15) is 4.79 Å². The molecule has 3 rings (SSSR count). The van der Waals surface area contributed by atoms with E-state index in [0.29, 0.717) is 12.0 Å². The molecule has 4 atom stereocenters. The third-order valence-electron chi connectivity index (χ3n) is 4.54. The highest BCUT2D eigenvalue weighted by Gasteiger charge is 2.42. The van der Waals surface area contributed by atoms with Gasteiger partial charge in [0.15, 0.2) is 0 Å². The van der Waals surface area contributed by atoms with Crippen molar-refractivity contribution in [1.82, 2.24) is 10.6 Å². The fourth-order valence-corrected chi connectivity index (χ4v) is 4.69. The van der Waals surface area contributed by atoms with Crippen LogP contribution < -0.4 is 10.6 Å². The molecule has 1 saturated carbocycles. The van der Waals surface area contributed by atoms with Crippen molar-refractivity contribution in [2.45, 2.75) is 44.2 Å². The van der Waals surface area contributed by atoms with Gasteiger partial charge in [0.05, 0.1) is 6.04 Å². The molecule has 0 radical (unpaired) electrons. The number of rotatable bonds is 2. The van der Waals surface area contributed by atoms with E-state index in [-0.39, 0.29) is 11.9 Å². The molecule has 96 valence electrons. The van der Waals surface area contributed by atoms with Crippen LogP contribution in [0.5, 0.6) is 0 Å². The molecule has 2 N–H and O–H groups in total. The van der Waals surface area contributed by atoms with Gasteiger partial charge < -0.3 is 10.6 Å². The summed E-state index contributed by atoms with van der Waals surface area (Å²) in [6, 6.07) is 0.526. The molecule has 17 heavy (non-hydrogen) atoms.